The molecule has 1 amide bonds. The van der Waals surface area contributed by atoms with Crippen LogP contribution >= 0.6 is 0 Å². The molecule has 1 atom stereocenters. The molecule has 1 aromatic heterocycles. The van der Waals surface area contributed by atoms with Gasteiger partial charge in [-0.15, -0.1) is 0 Å². The number of rotatable bonds is 9. The first kappa shape index (κ1) is 24.8. The van der Waals surface area contributed by atoms with Crippen LogP contribution in [0.2, 0.25) is 0 Å². The van der Waals surface area contributed by atoms with E-state index in [-0.39, 0.29) is 41.5 Å². The van der Waals surface area contributed by atoms with Gasteiger partial charge in [0.15, 0.2) is 11.6 Å². The highest BCUT2D eigenvalue weighted by Crippen LogP contribution is 2.33. The number of carbonyl (C=O) groups excluding carboxylic acids is 2. The molecule has 1 aliphatic carbocycles. The van der Waals surface area contributed by atoms with E-state index < -0.39 is 40.8 Å². The Morgan fingerprint density at radius 3 is 2.47 bits per heavy atom. The van der Waals surface area contributed by atoms with E-state index in [0.717, 1.165) is 18.3 Å². The number of amides is 1. The second kappa shape index (κ2) is 10.4. The second-order valence-electron chi connectivity index (χ2n) is 8.12. The number of nitrogens with zero attached hydrogens (tertiary/aromatic N) is 2. The number of nitrogen functional groups attached to an aromatic ring is 1. The Balaban J connectivity index is 1.69. The minimum atomic E-state index is -1.36. The monoisotopic (exact) mass is 477 g/mol. The van der Waals surface area contributed by atoms with Crippen molar-refractivity contribution in [3.8, 4) is 5.75 Å². The van der Waals surface area contributed by atoms with Crippen LogP contribution < -0.4 is 21.5 Å². The molecule has 1 aromatic carbocycles. The Morgan fingerprint density at radius 1 is 1.24 bits per heavy atom. The maximum atomic E-state index is 14.3. The lowest BCUT2D eigenvalue weighted by Gasteiger charge is -2.32. The van der Waals surface area contributed by atoms with Crippen molar-refractivity contribution in [3.05, 3.63) is 41.1 Å². The molecule has 182 valence electrons. The quantitative estimate of drug-likeness (QED) is 0.395. The van der Waals surface area contributed by atoms with Crippen molar-refractivity contribution in [2.24, 2.45) is 17.6 Å². The third kappa shape index (κ3) is 5.38. The fourth-order valence-corrected chi connectivity index (χ4v) is 4.22. The summed E-state index contributed by atoms with van der Waals surface area (Å²) in [6, 6.07) is 1.91. The standard InChI is InChI=1S/C22H25F2N5O5/c1-34-15-7-6-14(23)18(24)17(15)19(32)13-9-27-22(29-20(13)25)28-11-4-2-10(3-5-11)12(21(26)33)8-16(30)31/h6-7,9-12H,2-5,8H2,1H3,(H2,26,33)(H,30,31)(H3,25,27,28,29). The normalized spacial score (nSPS) is 18.7. The highest BCUT2D eigenvalue weighted by molar-refractivity contribution is 6.13. The van der Waals surface area contributed by atoms with Crippen molar-refractivity contribution >= 4 is 29.4 Å². The van der Waals surface area contributed by atoms with Gasteiger partial charge < -0.3 is 26.6 Å². The van der Waals surface area contributed by atoms with Crippen molar-refractivity contribution < 1.29 is 33.0 Å². The number of carboxylic acids is 1. The average molecular weight is 477 g/mol. The number of aliphatic carboxylic acids is 1. The van der Waals surface area contributed by atoms with Crippen LogP contribution in [0.15, 0.2) is 18.3 Å². The highest BCUT2D eigenvalue weighted by Gasteiger charge is 2.33. The van der Waals surface area contributed by atoms with E-state index in [1.807, 2.05) is 0 Å². The molecule has 0 radical (unpaired) electrons. The summed E-state index contributed by atoms with van der Waals surface area (Å²) in [6.45, 7) is 0. The summed E-state index contributed by atoms with van der Waals surface area (Å²) in [6.07, 6.45) is 3.22. The van der Waals surface area contributed by atoms with Crippen LogP contribution in [0.4, 0.5) is 20.5 Å². The van der Waals surface area contributed by atoms with Gasteiger partial charge in [-0.3, -0.25) is 14.4 Å². The van der Waals surface area contributed by atoms with Crippen molar-refractivity contribution in [1.29, 1.82) is 0 Å². The first-order chi connectivity index (χ1) is 16.1. The van der Waals surface area contributed by atoms with Gasteiger partial charge in [0.2, 0.25) is 17.6 Å². The summed E-state index contributed by atoms with van der Waals surface area (Å²) in [5, 5.41) is 12.1. The fourth-order valence-electron chi connectivity index (χ4n) is 4.22. The average Bonchev–Trinajstić information content (AvgIpc) is 2.79. The molecular formula is C22H25F2N5O5. The molecule has 1 unspecified atom stereocenters. The molecule has 12 heteroatoms. The Labute approximate surface area is 193 Å². The third-order valence-corrected chi connectivity index (χ3v) is 6.00. The summed E-state index contributed by atoms with van der Waals surface area (Å²) in [7, 11) is 1.22. The van der Waals surface area contributed by atoms with Gasteiger partial charge in [0.25, 0.3) is 0 Å². The number of methoxy groups -OCH3 is 1. The number of ether oxygens (including phenoxy) is 1. The van der Waals surface area contributed by atoms with Gasteiger partial charge in [0.1, 0.15) is 17.1 Å². The van der Waals surface area contributed by atoms with Crippen molar-refractivity contribution in [1.82, 2.24) is 9.97 Å². The van der Waals surface area contributed by atoms with Crippen molar-refractivity contribution in [2.45, 2.75) is 38.1 Å². The summed E-state index contributed by atoms with van der Waals surface area (Å²) in [5.74, 6) is -6.28. The predicted molar refractivity (Wildman–Crippen MR) is 117 cm³/mol. The largest absolute Gasteiger partial charge is 0.496 e. The van der Waals surface area contributed by atoms with Crippen molar-refractivity contribution in [2.75, 3.05) is 18.2 Å². The smallest absolute Gasteiger partial charge is 0.304 e. The summed E-state index contributed by atoms with van der Waals surface area (Å²) >= 11 is 0. The number of anilines is 2. The SMILES string of the molecule is COc1ccc(F)c(F)c1C(=O)c1cnc(NC2CCC(C(CC(=O)O)C(N)=O)CC2)nc1N. The molecule has 3 rings (SSSR count). The van der Waals surface area contributed by atoms with E-state index in [1.54, 1.807) is 0 Å². The lowest BCUT2D eigenvalue weighted by atomic mass is 9.76. The number of nitrogens with one attached hydrogen (secondary N) is 1. The van der Waals surface area contributed by atoms with Gasteiger partial charge in [0.05, 0.1) is 25.0 Å². The zero-order valence-electron chi connectivity index (χ0n) is 18.4. The first-order valence-electron chi connectivity index (χ1n) is 10.6. The minimum absolute atomic E-state index is 0.0729. The maximum absolute atomic E-state index is 14.3. The molecular weight excluding hydrogens is 452 g/mol. The number of benzene rings is 1. The van der Waals surface area contributed by atoms with Gasteiger partial charge >= 0.3 is 5.97 Å². The number of hydrogen-bond acceptors (Lipinski definition) is 8. The maximum Gasteiger partial charge on any atom is 0.304 e. The number of primary amides is 1. The van der Waals surface area contributed by atoms with Crippen LogP contribution in [0, 0.1) is 23.5 Å². The van der Waals surface area contributed by atoms with Crippen LogP contribution in [0.25, 0.3) is 0 Å². The van der Waals surface area contributed by atoms with Crippen LogP contribution in [-0.2, 0) is 9.59 Å². The molecule has 2 aromatic rings. The van der Waals surface area contributed by atoms with Crippen LogP contribution in [-0.4, -0.2) is 45.9 Å². The topological polar surface area (TPSA) is 171 Å². The number of hydrogen-bond donors (Lipinski definition) is 4. The van der Waals surface area contributed by atoms with E-state index in [0.29, 0.717) is 25.7 Å². The molecule has 34 heavy (non-hydrogen) atoms. The van der Waals surface area contributed by atoms with Gasteiger partial charge in [-0.1, -0.05) is 0 Å². The molecule has 6 N–H and O–H groups in total. The van der Waals surface area contributed by atoms with Gasteiger partial charge in [0, 0.05) is 12.2 Å². The lowest BCUT2D eigenvalue weighted by Crippen LogP contribution is -2.36. The highest BCUT2D eigenvalue weighted by atomic mass is 19.2. The molecule has 10 nitrogen and oxygen atoms in total. The van der Waals surface area contributed by atoms with E-state index in [4.69, 9.17) is 21.3 Å². The molecule has 0 bridgehead atoms. The predicted octanol–water partition coefficient (Wildman–Crippen LogP) is 2.12. The fraction of sp³-hybridized carbons (Fsp3) is 0.409. The summed E-state index contributed by atoms with van der Waals surface area (Å²) in [4.78, 5) is 43.6. The summed E-state index contributed by atoms with van der Waals surface area (Å²) < 4.78 is 32.9. The van der Waals surface area contributed by atoms with E-state index in [9.17, 15) is 23.2 Å². The lowest BCUT2D eigenvalue weighted by molar-refractivity contribution is -0.141. The van der Waals surface area contributed by atoms with Crippen LogP contribution in [0.1, 0.15) is 48.0 Å². The van der Waals surface area contributed by atoms with Crippen molar-refractivity contribution in [3.63, 3.8) is 0 Å². The number of aromatic nitrogens is 2. The zero-order valence-corrected chi connectivity index (χ0v) is 18.4. The number of halogens is 2. The molecule has 1 fully saturated rings. The van der Waals surface area contributed by atoms with E-state index in [1.165, 1.54) is 7.11 Å². The third-order valence-electron chi connectivity index (χ3n) is 6.00. The molecule has 0 saturated heterocycles. The number of ketones is 1. The summed E-state index contributed by atoms with van der Waals surface area (Å²) in [5.41, 5.74) is 10.5. The Bertz CT molecular complexity index is 1110. The second-order valence-corrected chi connectivity index (χ2v) is 8.12. The molecule has 0 aliphatic heterocycles. The minimum Gasteiger partial charge on any atom is -0.496 e. The van der Waals surface area contributed by atoms with Gasteiger partial charge in [-0.05, 0) is 43.7 Å². The van der Waals surface area contributed by atoms with Gasteiger partial charge in [-0.2, -0.15) is 4.98 Å². The van der Waals surface area contributed by atoms with Crippen LogP contribution in [0.5, 0.6) is 5.75 Å². The van der Waals surface area contributed by atoms with Crippen LogP contribution in [0.3, 0.4) is 0 Å². The molecule has 1 saturated carbocycles. The Morgan fingerprint density at radius 2 is 1.91 bits per heavy atom. The molecule has 1 aliphatic rings. The van der Waals surface area contributed by atoms with E-state index >= 15 is 0 Å². The number of carbonyl (C=O) groups is 3. The Hall–Kier alpha value is -3.83. The first-order valence-corrected chi connectivity index (χ1v) is 10.6. The molecule has 1 heterocycles. The molecule has 0 spiro atoms. The van der Waals surface area contributed by atoms with E-state index in [2.05, 4.69) is 15.3 Å². The Kier molecular flexibility index (Phi) is 7.59. The zero-order chi connectivity index (χ0) is 25.0. The van der Waals surface area contributed by atoms with Gasteiger partial charge in [-0.25, -0.2) is 13.8 Å². The number of carboxylic acid groups (broad SMARTS) is 1. The number of nitrogens with two attached hydrogens (primary N) is 2.